The molecule has 0 bridgehead atoms. The van der Waals surface area contributed by atoms with Crippen LogP contribution in [0.4, 0.5) is 8.78 Å². The summed E-state index contributed by atoms with van der Waals surface area (Å²) in [6.45, 7) is 7.99. The quantitative estimate of drug-likeness (QED) is 0.382. The van der Waals surface area contributed by atoms with Gasteiger partial charge in [-0.15, -0.1) is 0 Å². The van der Waals surface area contributed by atoms with E-state index in [1.807, 2.05) is 44.2 Å². The van der Waals surface area contributed by atoms with Crippen molar-refractivity contribution < 1.29 is 15.0 Å². The van der Waals surface area contributed by atoms with Crippen molar-refractivity contribution in [1.29, 1.82) is 0 Å². The highest BCUT2D eigenvalue weighted by molar-refractivity contribution is 6.06. The molecule has 208 valence electrons. The Kier molecular flexibility index (Phi) is 9.13. The fourth-order valence-corrected chi connectivity index (χ4v) is 5.78. The van der Waals surface area contributed by atoms with Gasteiger partial charge in [-0.25, -0.2) is 4.98 Å². The minimum atomic E-state index is -2.88. The van der Waals surface area contributed by atoms with Crippen molar-refractivity contribution in [3.05, 3.63) is 59.3 Å². The zero-order chi connectivity index (χ0) is 27.3. The van der Waals surface area contributed by atoms with Crippen LogP contribution in [0.2, 0.25) is 0 Å². The third kappa shape index (κ3) is 6.06. The summed E-state index contributed by atoms with van der Waals surface area (Å²) in [5.74, 6) is -2.37. The largest absolute Gasteiger partial charge is 0.349 e. The molecule has 6 nitrogen and oxygen atoms in total. The van der Waals surface area contributed by atoms with E-state index < -0.39 is 5.92 Å². The first kappa shape index (κ1) is 28.1. The van der Waals surface area contributed by atoms with Gasteiger partial charge in [0, 0.05) is 63.3 Å². The van der Waals surface area contributed by atoms with Crippen molar-refractivity contribution >= 4 is 16.8 Å². The van der Waals surface area contributed by atoms with Crippen LogP contribution in [0.3, 0.4) is 0 Å². The average Bonchev–Trinajstić information content (AvgIpc) is 3.29. The summed E-state index contributed by atoms with van der Waals surface area (Å²) in [4.78, 5) is 24.0. The number of alkyl halides is 2. The molecule has 3 aromatic rings. The molecule has 1 amide bonds. The van der Waals surface area contributed by atoms with Gasteiger partial charge in [-0.05, 0) is 62.8 Å². The maximum absolute atomic E-state index is 14.3. The molecular weight excluding hydrogens is 484 g/mol. The third-order valence-electron chi connectivity index (χ3n) is 8.03. The van der Waals surface area contributed by atoms with Gasteiger partial charge in [-0.3, -0.25) is 14.7 Å². The maximum atomic E-state index is 14.3. The smallest absolute Gasteiger partial charge is 0.304 e. The van der Waals surface area contributed by atoms with Gasteiger partial charge in [0.05, 0.1) is 11.2 Å². The Morgan fingerprint density at radius 1 is 1.16 bits per heavy atom. The number of nitrogens with zero attached hydrogens (tertiary/aromatic N) is 4. The number of hydrogen-bond acceptors (Lipinski definition) is 4. The Bertz CT molecular complexity index is 1230. The molecule has 8 heteroatoms. The third-order valence-corrected chi connectivity index (χ3v) is 8.03. The Morgan fingerprint density at radius 3 is 2.66 bits per heavy atom. The van der Waals surface area contributed by atoms with Crippen LogP contribution in [-0.4, -0.2) is 44.5 Å². The van der Waals surface area contributed by atoms with Crippen LogP contribution in [0.5, 0.6) is 0 Å². The van der Waals surface area contributed by atoms with E-state index >= 15 is 0 Å². The fraction of sp³-hybridized carbons (Fsp3) is 0.567. The highest BCUT2D eigenvalue weighted by atomic mass is 19.3. The molecule has 0 unspecified atom stereocenters. The molecule has 0 atom stereocenters. The topological polar surface area (TPSA) is 63.1 Å². The van der Waals surface area contributed by atoms with Crippen molar-refractivity contribution in [3.8, 4) is 0 Å². The standard InChI is InChI=1S/C28H35F2N5O.C2H6.H2/c1-3-28(29,30)27-33-24-18-35(17-14-25(24)34(27)2)16-13-19-9-11-20(12-10-19)32-26(36)22-6-4-8-23-21(22)7-5-15-31-23;1-2;/h4-8,15,19-20H,3,9-14,16-18H2,1-2H3,(H,32,36);1-2H3;1H. The maximum Gasteiger partial charge on any atom is 0.304 e. The summed E-state index contributed by atoms with van der Waals surface area (Å²) in [5, 5.41) is 4.12. The van der Waals surface area contributed by atoms with E-state index in [1.165, 1.54) is 6.92 Å². The summed E-state index contributed by atoms with van der Waals surface area (Å²) in [6.07, 6.45) is 7.53. The van der Waals surface area contributed by atoms with E-state index in [0.717, 1.165) is 73.9 Å². The second-order valence-corrected chi connectivity index (χ2v) is 10.3. The lowest BCUT2D eigenvalue weighted by Gasteiger charge is -2.32. The van der Waals surface area contributed by atoms with E-state index in [9.17, 15) is 13.6 Å². The molecule has 2 aromatic heterocycles. The Morgan fingerprint density at radius 2 is 1.92 bits per heavy atom. The van der Waals surface area contributed by atoms with Crippen LogP contribution in [0.25, 0.3) is 10.9 Å². The molecule has 3 heterocycles. The van der Waals surface area contributed by atoms with Crippen LogP contribution >= 0.6 is 0 Å². The molecule has 1 aromatic carbocycles. The number of halogens is 2. The van der Waals surface area contributed by atoms with E-state index in [2.05, 4.69) is 20.2 Å². The average molecular weight is 528 g/mol. The molecule has 1 aliphatic heterocycles. The van der Waals surface area contributed by atoms with E-state index in [-0.39, 0.29) is 25.6 Å². The Labute approximate surface area is 226 Å². The number of pyridine rings is 1. The molecule has 2 aliphatic rings. The number of imidazole rings is 1. The molecule has 1 saturated carbocycles. The molecule has 1 N–H and O–H groups in total. The number of rotatable bonds is 7. The predicted molar refractivity (Wildman–Crippen MR) is 149 cm³/mol. The number of amides is 1. The second-order valence-electron chi connectivity index (χ2n) is 10.3. The molecule has 1 fully saturated rings. The van der Waals surface area contributed by atoms with Gasteiger partial charge in [-0.1, -0.05) is 32.9 Å². The first-order valence-electron chi connectivity index (χ1n) is 14.2. The second kappa shape index (κ2) is 12.3. The first-order chi connectivity index (χ1) is 18.4. The molecule has 1 aliphatic carbocycles. The first-order valence-corrected chi connectivity index (χ1v) is 14.2. The molecular formula is C30H43F2N5O. The van der Waals surface area contributed by atoms with Crippen LogP contribution in [0.1, 0.15) is 88.3 Å². The van der Waals surface area contributed by atoms with Crippen LogP contribution in [0.15, 0.2) is 36.5 Å². The summed E-state index contributed by atoms with van der Waals surface area (Å²) in [7, 11) is 1.72. The molecule has 0 saturated heterocycles. The number of nitrogens with one attached hydrogen (secondary N) is 1. The summed E-state index contributed by atoms with van der Waals surface area (Å²) >= 11 is 0. The number of fused-ring (bicyclic) bond motifs is 2. The molecule has 5 rings (SSSR count). The van der Waals surface area contributed by atoms with Crippen molar-refractivity contribution in [2.75, 3.05) is 13.1 Å². The monoisotopic (exact) mass is 527 g/mol. The van der Waals surface area contributed by atoms with Crippen molar-refractivity contribution in [2.24, 2.45) is 13.0 Å². The van der Waals surface area contributed by atoms with Crippen molar-refractivity contribution in [3.63, 3.8) is 0 Å². The SMILES string of the molecule is CC.CCC(F)(F)c1nc2c(n1C)CCN(CCC1CCC(NC(=O)c3cccc4ncccc34)CC1)C2.[HH]. The predicted octanol–water partition coefficient (Wildman–Crippen LogP) is 6.48. The summed E-state index contributed by atoms with van der Waals surface area (Å²) < 4.78 is 30.2. The lowest BCUT2D eigenvalue weighted by Crippen LogP contribution is -2.38. The Balaban J connectivity index is 0.00000137. The summed E-state index contributed by atoms with van der Waals surface area (Å²) in [6, 6.07) is 9.67. The normalized spacial score (nSPS) is 19.9. The fourth-order valence-electron chi connectivity index (χ4n) is 5.78. The van der Waals surface area contributed by atoms with E-state index in [0.29, 0.717) is 18.0 Å². The zero-order valence-corrected chi connectivity index (χ0v) is 23.1. The number of carbonyl (C=O) groups excluding carboxylic acids is 1. The molecule has 38 heavy (non-hydrogen) atoms. The number of hydrogen-bond donors (Lipinski definition) is 1. The Hall–Kier alpha value is -2.87. The number of aromatic nitrogens is 3. The van der Waals surface area contributed by atoms with Gasteiger partial charge in [-0.2, -0.15) is 8.78 Å². The van der Waals surface area contributed by atoms with Gasteiger partial charge < -0.3 is 9.88 Å². The van der Waals surface area contributed by atoms with Gasteiger partial charge in [0.2, 0.25) is 0 Å². The van der Waals surface area contributed by atoms with Crippen LogP contribution in [0, 0.1) is 5.92 Å². The highest BCUT2D eigenvalue weighted by Gasteiger charge is 2.37. The lowest BCUT2D eigenvalue weighted by atomic mass is 9.84. The van der Waals surface area contributed by atoms with Gasteiger partial charge >= 0.3 is 5.92 Å². The highest BCUT2D eigenvalue weighted by Crippen LogP contribution is 2.33. The number of carbonyl (C=O) groups is 1. The van der Waals surface area contributed by atoms with Crippen LogP contribution in [-0.2, 0) is 25.9 Å². The summed E-state index contributed by atoms with van der Waals surface area (Å²) in [5.41, 5.74) is 3.27. The van der Waals surface area contributed by atoms with Crippen molar-refractivity contribution in [1.82, 2.24) is 24.8 Å². The van der Waals surface area contributed by atoms with Crippen molar-refractivity contribution in [2.45, 2.75) is 84.2 Å². The molecule has 0 radical (unpaired) electrons. The minimum Gasteiger partial charge on any atom is -0.349 e. The van der Waals surface area contributed by atoms with Crippen LogP contribution < -0.4 is 5.32 Å². The van der Waals surface area contributed by atoms with Gasteiger partial charge in [0.25, 0.3) is 5.91 Å². The number of benzene rings is 1. The van der Waals surface area contributed by atoms with Gasteiger partial charge in [0.1, 0.15) is 0 Å². The molecule has 0 spiro atoms. The van der Waals surface area contributed by atoms with Gasteiger partial charge in [0.15, 0.2) is 5.82 Å². The van der Waals surface area contributed by atoms with E-state index in [4.69, 9.17) is 0 Å². The minimum absolute atomic E-state index is 0. The van der Waals surface area contributed by atoms with E-state index in [1.54, 1.807) is 17.8 Å². The zero-order valence-electron chi connectivity index (χ0n) is 23.1. The lowest BCUT2D eigenvalue weighted by molar-refractivity contribution is -0.0203.